The topological polar surface area (TPSA) is 72.5 Å². The lowest BCUT2D eigenvalue weighted by atomic mass is 10.1. The Hall–Kier alpha value is -2.47. The molecule has 5 nitrogen and oxygen atoms in total. The second-order valence-corrected chi connectivity index (χ2v) is 6.53. The molecule has 0 heterocycles. The van der Waals surface area contributed by atoms with Crippen molar-refractivity contribution in [2.45, 2.75) is 18.2 Å². The van der Waals surface area contributed by atoms with Crippen molar-refractivity contribution in [3.63, 3.8) is 0 Å². The van der Waals surface area contributed by atoms with Crippen molar-refractivity contribution in [2.24, 2.45) is 0 Å². The number of nitrogens with one attached hydrogen (secondary N) is 1. The summed E-state index contributed by atoms with van der Waals surface area (Å²) >= 11 is 0. The Balaban J connectivity index is 1.86. The second kappa shape index (κ2) is 8.40. The van der Waals surface area contributed by atoms with Crippen molar-refractivity contribution >= 4 is 28.4 Å². The molecule has 0 aliphatic rings. The SMILES string of the molecule is CCc1ccc(NC(=O)COC(=O)c2ccc(S(C)=O)cc2)cc1. The highest BCUT2D eigenvalue weighted by molar-refractivity contribution is 7.84. The molecule has 0 spiro atoms. The fraction of sp³-hybridized carbons (Fsp3) is 0.222. The monoisotopic (exact) mass is 345 g/mol. The molecule has 2 aromatic carbocycles. The van der Waals surface area contributed by atoms with Crippen LogP contribution in [0.5, 0.6) is 0 Å². The first-order chi connectivity index (χ1) is 11.5. The van der Waals surface area contributed by atoms with Gasteiger partial charge in [0.15, 0.2) is 6.61 Å². The van der Waals surface area contributed by atoms with E-state index in [-0.39, 0.29) is 6.61 Å². The molecular formula is C18H19NO4S. The minimum absolute atomic E-state index is 0.310. The van der Waals surface area contributed by atoms with E-state index in [1.807, 2.05) is 24.3 Å². The standard InChI is InChI=1S/C18H19NO4S/c1-3-13-4-8-15(9-5-13)19-17(20)12-23-18(21)14-6-10-16(11-7-14)24(2)22/h4-11H,3,12H2,1-2H3,(H,19,20). The smallest absolute Gasteiger partial charge is 0.338 e. The Bertz CT molecular complexity index is 739. The Morgan fingerprint density at radius 2 is 1.67 bits per heavy atom. The molecule has 1 unspecified atom stereocenters. The van der Waals surface area contributed by atoms with Gasteiger partial charge in [-0.05, 0) is 48.4 Å². The Labute approximate surface area is 143 Å². The number of hydrogen-bond acceptors (Lipinski definition) is 4. The van der Waals surface area contributed by atoms with Gasteiger partial charge in [-0.3, -0.25) is 9.00 Å². The number of anilines is 1. The fourth-order valence-corrected chi connectivity index (χ4v) is 2.54. The van der Waals surface area contributed by atoms with Crippen molar-refractivity contribution in [3.8, 4) is 0 Å². The molecule has 0 aliphatic heterocycles. The predicted octanol–water partition coefficient (Wildman–Crippen LogP) is 2.78. The van der Waals surface area contributed by atoms with Crippen LogP contribution >= 0.6 is 0 Å². The Morgan fingerprint density at radius 1 is 1.04 bits per heavy atom. The van der Waals surface area contributed by atoms with Gasteiger partial charge in [0.25, 0.3) is 5.91 Å². The van der Waals surface area contributed by atoms with E-state index in [4.69, 9.17) is 4.74 Å². The molecule has 0 aromatic heterocycles. The summed E-state index contributed by atoms with van der Waals surface area (Å²) in [5.74, 6) is -1.00. The van der Waals surface area contributed by atoms with Gasteiger partial charge in [0, 0.05) is 27.6 Å². The van der Waals surface area contributed by atoms with Crippen molar-refractivity contribution in [3.05, 3.63) is 59.7 Å². The number of esters is 1. The van der Waals surface area contributed by atoms with E-state index in [9.17, 15) is 13.8 Å². The minimum atomic E-state index is -1.10. The van der Waals surface area contributed by atoms with Gasteiger partial charge in [0.2, 0.25) is 0 Å². The lowest BCUT2D eigenvalue weighted by molar-refractivity contribution is -0.119. The summed E-state index contributed by atoms with van der Waals surface area (Å²) in [6, 6.07) is 13.7. The number of carbonyl (C=O) groups is 2. The van der Waals surface area contributed by atoms with Crippen molar-refractivity contribution in [1.82, 2.24) is 0 Å². The lowest BCUT2D eigenvalue weighted by Gasteiger charge is -2.07. The van der Waals surface area contributed by atoms with Crippen LogP contribution in [-0.2, 0) is 26.8 Å². The van der Waals surface area contributed by atoms with Crippen LogP contribution in [-0.4, -0.2) is 28.9 Å². The van der Waals surface area contributed by atoms with Crippen LogP contribution in [0.2, 0.25) is 0 Å². The van der Waals surface area contributed by atoms with Crippen LogP contribution in [0.3, 0.4) is 0 Å². The van der Waals surface area contributed by atoms with E-state index in [1.165, 1.54) is 17.7 Å². The normalized spacial score (nSPS) is 11.6. The maximum Gasteiger partial charge on any atom is 0.338 e. The van der Waals surface area contributed by atoms with Crippen molar-refractivity contribution in [2.75, 3.05) is 18.2 Å². The van der Waals surface area contributed by atoms with E-state index in [1.54, 1.807) is 18.4 Å². The first kappa shape index (κ1) is 17.9. The van der Waals surface area contributed by atoms with E-state index in [2.05, 4.69) is 12.2 Å². The molecule has 2 rings (SSSR count). The lowest BCUT2D eigenvalue weighted by Crippen LogP contribution is -2.20. The summed E-state index contributed by atoms with van der Waals surface area (Å²) in [6.45, 7) is 1.69. The third-order valence-electron chi connectivity index (χ3n) is 3.40. The first-order valence-corrected chi connectivity index (χ1v) is 9.05. The van der Waals surface area contributed by atoms with E-state index < -0.39 is 22.7 Å². The Kier molecular flexibility index (Phi) is 6.26. The number of ether oxygens (including phenoxy) is 1. The van der Waals surface area contributed by atoms with Crippen LogP contribution in [0.4, 0.5) is 5.69 Å². The summed E-state index contributed by atoms with van der Waals surface area (Å²) < 4.78 is 16.3. The molecule has 126 valence electrons. The van der Waals surface area contributed by atoms with Gasteiger partial charge in [-0.15, -0.1) is 0 Å². The van der Waals surface area contributed by atoms with Crippen LogP contribution in [0.15, 0.2) is 53.4 Å². The van der Waals surface area contributed by atoms with E-state index >= 15 is 0 Å². The number of benzene rings is 2. The maximum absolute atomic E-state index is 11.9. The summed E-state index contributed by atoms with van der Waals surface area (Å²) in [6.07, 6.45) is 2.49. The van der Waals surface area contributed by atoms with E-state index in [0.29, 0.717) is 16.1 Å². The average Bonchev–Trinajstić information content (AvgIpc) is 2.60. The third kappa shape index (κ3) is 5.03. The molecule has 0 saturated carbocycles. The van der Waals surface area contributed by atoms with Crippen LogP contribution in [0.1, 0.15) is 22.8 Å². The van der Waals surface area contributed by atoms with Gasteiger partial charge >= 0.3 is 5.97 Å². The molecule has 0 aliphatic carbocycles. The van der Waals surface area contributed by atoms with E-state index in [0.717, 1.165) is 6.42 Å². The molecule has 24 heavy (non-hydrogen) atoms. The van der Waals surface area contributed by atoms with Gasteiger partial charge < -0.3 is 10.1 Å². The third-order valence-corrected chi connectivity index (χ3v) is 4.34. The van der Waals surface area contributed by atoms with Crippen LogP contribution in [0.25, 0.3) is 0 Å². The molecular weight excluding hydrogens is 326 g/mol. The zero-order chi connectivity index (χ0) is 17.5. The van der Waals surface area contributed by atoms with Crippen LogP contribution in [0, 0.1) is 0 Å². The van der Waals surface area contributed by atoms with Crippen LogP contribution < -0.4 is 5.32 Å². The number of rotatable bonds is 6. The molecule has 0 radical (unpaired) electrons. The number of aryl methyl sites for hydroxylation is 1. The van der Waals surface area contributed by atoms with Crippen molar-refractivity contribution in [1.29, 1.82) is 0 Å². The number of carbonyl (C=O) groups excluding carboxylic acids is 2. The number of hydrogen-bond donors (Lipinski definition) is 1. The largest absolute Gasteiger partial charge is 0.452 e. The Morgan fingerprint density at radius 3 is 2.21 bits per heavy atom. The highest BCUT2D eigenvalue weighted by atomic mass is 32.2. The molecule has 0 bridgehead atoms. The summed E-state index contributed by atoms with van der Waals surface area (Å²) in [7, 11) is -1.10. The van der Waals surface area contributed by atoms with Gasteiger partial charge in [-0.1, -0.05) is 19.1 Å². The highest BCUT2D eigenvalue weighted by Crippen LogP contribution is 2.11. The quantitative estimate of drug-likeness (QED) is 0.817. The van der Waals surface area contributed by atoms with Crippen molar-refractivity contribution < 1.29 is 18.5 Å². The first-order valence-electron chi connectivity index (χ1n) is 7.49. The molecule has 1 N–H and O–H groups in total. The zero-order valence-electron chi connectivity index (χ0n) is 13.6. The van der Waals surface area contributed by atoms with Gasteiger partial charge in [-0.25, -0.2) is 4.79 Å². The fourth-order valence-electron chi connectivity index (χ4n) is 2.02. The second-order valence-electron chi connectivity index (χ2n) is 5.15. The summed E-state index contributed by atoms with van der Waals surface area (Å²) in [4.78, 5) is 24.3. The minimum Gasteiger partial charge on any atom is -0.452 e. The predicted molar refractivity (Wildman–Crippen MR) is 93.5 cm³/mol. The molecule has 2 aromatic rings. The number of amides is 1. The molecule has 1 amide bonds. The van der Waals surface area contributed by atoms with Gasteiger partial charge in [0.05, 0.1) is 5.56 Å². The molecule has 6 heteroatoms. The van der Waals surface area contributed by atoms with Gasteiger partial charge in [-0.2, -0.15) is 0 Å². The molecule has 0 fully saturated rings. The average molecular weight is 345 g/mol. The maximum atomic E-state index is 11.9. The zero-order valence-corrected chi connectivity index (χ0v) is 14.4. The molecule has 0 saturated heterocycles. The molecule has 1 atom stereocenters. The summed E-state index contributed by atoms with van der Waals surface area (Å²) in [5.41, 5.74) is 2.14. The van der Waals surface area contributed by atoms with Gasteiger partial charge in [0.1, 0.15) is 0 Å². The highest BCUT2D eigenvalue weighted by Gasteiger charge is 2.11. The summed E-state index contributed by atoms with van der Waals surface area (Å²) in [5, 5.41) is 2.67.